The van der Waals surface area contributed by atoms with Crippen molar-refractivity contribution >= 4 is 5.82 Å². The van der Waals surface area contributed by atoms with Gasteiger partial charge in [-0.1, -0.05) is 30.3 Å². The molecular weight excluding hydrogens is 334 g/mol. The highest BCUT2D eigenvalue weighted by molar-refractivity contribution is 5.75. The molecule has 1 aliphatic rings. The van der Waals surface area contributed by atoms with E-state index in [0.29, 0.717) is 24.3 Å². The zero-order valence-electron chi connectivity index (χ0n) is 12.9. The maximum Gasteiger partial charge on any atom is 0.417 e. The van der Waals surface area contributed by atoms with Gasteiger partial charge in [-0.3, -0.25) is 0 Å². The molecule has 25 heavy (non-hydrogen) atoms. The van der Waals surface area contributed by atoms with E-state index in [1.165, 1.54) is 22.9 Å². The van der Waals surface area contributed by atoms with E-state index in [2.05, 4.69) is 10.4 Å². The molecule has 0 aliphatic carbocycles. The maximum atomic E-state index is 14.2. The highest BCUT2D eigenvalue weighted by Gasteiger charge is 2.36. The predicted molar refractivity (Wildman–Crippen MR) is 86.2 cm³/mol. The van der Waals surface area contributed by atoms with E-state index in [1.54, 1.807) is 24.3 Å². The van der Waals surface area contributed by atoms with Crippen molar-refractivity contribution in [3.05, 3.63) is 65.5 Å². The summed E-state index contributed by atoms with van der Waals surface area (Å²) in [5.74, 6) is 0.0502. The van der Waals surface area contributed by atoms with E-state index in [0.717, 1.165) is 6.07 Å². The number of hydrogen-bond donors (Lipinski definition) is 1. The second-order valence-electron chi connectivity index (χ2n) is 5.76. The fraction of sp³-hybridized carbons (Fsp3) is 0.167. The van der Waals surface area contributed by atoms with Crippen LogP contribution in [0.4, 0.5) is 23.4 Å². The number of rotatable bonds is 2. The van der Waals surface area contributed by atoms with Crippen LogP contribution in [0.2, 0.25) is 0 Å². The summed E-state index contributed by atoms with van der Waals surface area (Å²) in [7, 11) is 0. The van der Waals surface area contributed by atoms with Gasteiger partial charge in [-0.05, 0) is 24.6 Å². The van der Waals surface area contributed by atoms with E-state index in [1.807, 2.05) is 0 Å². The summed E-state index contributed by atoms with van der Waals surface area (Å²) in [6.07, 6.45) is -3.96. The van der Waals surface area contributed by atoms with E-state index in [4.69, 9.17) is 0 Å². The lowest BCUT2D eigenvalue weighted by atomic mass is 10.0. The second kappa shape index (κ2) is 5.61. The third-order valence-corrected chi connectivity index (χ3v) is 4.22. The Morgan fingerprint density at radius 1 is 1.00 bits per heavy atom. The van der Waals surface area contributed by atoms with Crippen LogP contribution in [0.15, 0.2) is 48.5 Å². The first-order valence-corrected chi connectivity index (χ1v) is 7.74. The molecule has 0 spiro atoms. The van der Waals surface area contributed by atoms with E-state index < -0.39 is 17.6 Å². The van der Waals surface area contributed by atoms with Crippen LogP contribution >= 0.6 is 0 Å². The van der Waals surface area contributed by atoms with Crippen molar-refractivity contribution in [2.45, 2.75) is 12.6 Å². The lowest BCUT2D eigenvalue weighted by Crippen LogP contribution is -2.09. The predicted octanol–water partition coefficient (Wildman–Crippen LogP) is 4.67. The molecule has 0 saturated carbocycles. The van der Waals surface area contributed by atoms with Crippen LogP contribution < -0.4 is 5.32 Å². The fourth-order valence-electron chi connectivity index (χ4n) is 3.13. The molecule has 1 aliphatic heterocycles. The first kappa shape index (κ1) is 15.7. The number of anilines is 1. The van der Waals surface area contributed by atoms with Crippen molar-refractivity contribution in [2.75, 3.05) is 11.9 Å². The Hall–Kier alpha value is -2.83. The van der Waals surface area contributed by atoms with Crippen LogP contribution in [0.1, 0.15) is 11.1 Å². The highest BCUT2D eigenvalue weighted by atomic mass is 19.4. The Morgan fingerprint density at radius 3 is 2.48 bits per heavy atom. The molecule has 0 saturated heterocycles. The van der Waals surface area contributed by atoms with Gasteiger partial charge >= 0.3 is 6.18 Å². The van der Waals surface area contributed by atoms with Crippen molar-refractivity contribution < 1.29 is 17.6 Å². The Bertz CT molecular complexity index is 944. The van der Waals surface area contributed by atoms with E-state index in [-0.39, 0.29) is 16.9 Å². The number of nitrogens with one attached hydrogen (secondary N) is 1. The summed E-state index contributed by atoms with van der Waals surface area (Å²) in [6, 6.07) is 11.4. The van der Waals surface area contributed by atoms with Gasteiger partial charge in [-0.25, -0.2) is 9.07 Å². The van der Waals surface area contributed by atoms with Crippen LogP contribution in [0, 0.1) is 5.82 Å². The maximum absolute atomic E-state index is 14.2. The number of hydrogen-bond acceptors (Lipinski definition) is 2. The average Bonchev–Trinajstić information content (AvgIpc) is 3.17. The van der Waals surface area contributed by atoms with Crippen molar-refractivity contribution in [1.82, 2.24) is 9.78 Å². The van der Waals surface area contributed by atoms with Crippen molar-refractivity contribution in [1.29, 1.82) is 0 Å². The van der Waals surface area contributed by atoms with Gasteiger partial charge in [0.15, 0.2) is 0 Å². The quantitative estimate of drug-likeness (QED) is 0.683. The molecule has 0 radical (unpaired) electrons. The Labute approximate surface area is 140 Å². The normalized spacial score (nSPS) is 13.6. The molecular formula is C18H13F4N3. The molecule has 7 heteroatoms. The summed E-state index contributed by atoms with van der Waals surface area (Å²) >= 11 is 0. The first-order chi connectivity index (χ1) is 12.0. The zero-order chi connectivity index (χ0) is 17.6. The van der Waals surface area contributed by atoms with Crippen LogP contribution in [0.25, 0.3) is 16.9 Å². The first-order valence-electron chi connectivity index (χ1n) is 7.74. The smallest absolute Gasteiger partial charge is 0.369 e. The monoisotopic (exact) mass is 347 g/mol. The molecule has 4 rings (SSSR count). The minimum absolute atomic E-state index is 0.00467. The average molecular weight is 347 g/mol. The molecule has 2 heterocycles. The summed E-state index contributed by atoms with van der Waals surface area (Å²) in [6.45, 7) is 0.572. The molecule has 2 aromatic carbocycles. The van der Waals surface area contributed by atoms with E-state index in [9.17, 15) is 17.6 Å². The van der Waals surface area contributed by atoms with Gasteiger partial charge in [0.2, 0.25) is 0 Å². The Balaban J connectivity index is 1.95. The number of para-hydroxylation sites is 1. The number of benzene rings is 2. The lowest BCUT2D eigenvalue weighted by Gasteiger charge is -2.11. The number of nitrogens with zero attached hydrogens (tertiary/aromatic N) is 2. The topological polar surface area (TPSA) is 29.9 Å². The highest BCUT2D eigenvalue weighted by Crippen LogP contribution is 2.41. The molecule has 0 fully saturated rings. The summed E-state index contributed by atoms with van der Waals surface area (Å²) in [5.41, 5.74) is 0.355. The Morgan fingerprint density at radius 2 is 1.72 bits per heavy atom. The summed E-state index contributed by atoms with van der Waals surface area (Å²) in [5, 5.41) is 7.42. The van der Waals surface area contributed by atoms with Crippen LogP contribution in [-0.2, 0) is 12.6 Å². The van der Waals surface area contributed by atoms with Gasteiger partial charge < -0.3 is 5.32 Å². The third-order valence-electron chi connectivity index (χ3n) is 4.22. The largest absolute Gasteiger partial charge is 0.417 e. The number of aromatic nitrogens is 2. The Kier molecular flexibility index (Phi) is 3.52. The molecule has 0 bridgehead atoms. The third kappa shape index (κ3) is 2.56. The van der Waals surface area contributed by atoms with Crippen molar-refractivity contribution in [3.8, 4) is 16.9 Å². The SMILES string of the molecule is Fc1ccccc1-n1nc(-c2ccccc2C(F)(F)F)c2c1NCC2. The number of fused-ring (bicyclic) bond motifs is 1. The minimum Gasteiger partial charge on any atom is -0.369 e. The molecule has 128 valence electrons. The minimum atomic E-state index is -4.49. The van der Waals surface area contributed by atoms with Gasteiger partial charge in [0.25, 0.3) is 0 Å². The van der Waals surface area contributed by atoms with Crippen LogP contribution in [0.3, 0.4) is 0 Å². The molecule has 0 atom stereocenters. The number of alkyl halides is 3. The second-order valence-corrected chi connectivity index (χ2v) is 5.76. The lowest BCUT2D eigenvalue weighted by molar-refractivity contribution is -0.137. The van der Waals surface area contributed by atoms with Crippen LogP contribution in [0.5, 0.6) is 0 Å². The molecule has 0 amide bonds. The van der Waals surface area contributed by atoms with Gasteiger partial charge in [0.1, 0.15) is 17.3 Å². The molecule has 3 nitrogen and oxygen atoms in total. The fourth-order valence-corrected chi connectivity index (χ4v) is 3.13. The molecule has 1 aromatic heterocycles. The van der Waals surface area contributed by atoms with Crippen LogP contribution in [-0.4, -0.2) is 16.3 Å². The number of halogens is 4. The standard InChI is InChI=1S/C18H13F4N3/c19-14-7-3-4-8-15(14)25-17-12(9-10-23-17)16(24-25)11-5-1-2-6-13(11)18(20,21)22/h1-8,23H,9-10H2. The van der Waals surface area contributed by atoms with Crippen molar-refractivity contribution in [2.24, 2.45) is 0 Å². The van der Waals surface area contributed by atoms with Gasteiger partial charge in [-0.15, -0.1) is 0 Å². The summed E-state index contributed by atoms with van der Waals surface area (Å²) in [4.78, 5) is 0. The van der Waals surface area contributed by atoms with Crippen molar-refractivity contribution in [3.63, 3.8) is 0 Å². The molecule has 0 unspecified atom stereocenters. The zero-order valence-corrected chi connectivity index (χ0v) is 12.9. The van der Waals surface area contributed by atoms with Gasteiger partial charge in [-0.2, -0.15) is 18.3 Å². The molecule has 1 N–H and O–H groups in total. The molecule has 3 aromatic rings. The van der Waals surface area contributed by atoms with Gasteiger partial charge in [0.05, 0.1) is 11.3 Å². The van der Waals surface area contributed by atoms with Gasteiger partial charge in [0, 0.05) is 17.7 Å². The summed E-state index contributed by atoms with van der Waals surface area (Å²) < 4.78 is 55.6. The van der Waals surface area contributed by atoms with E-state index >= 15 is 0 Å².